The molecule has 0 aliphatic carbocycles. The Bertz CT molecular complexity index is 540. The van der Waals surface area contributed by atoms with Gasteiger partial charge in [-0.25, -0.2) is 8.42 Å². The molecule has 4 nitrogen and oxygen atoms in total. The van der Waals surface area contributed by atoms with E-state index < -0.39 is 9.84 Å². The molecule has 0 bridgehead atoms. The summed E-state index contributed by atoms with van der Waals surface area (Å²) in [5.41, 5.74) is 6.41. The maximum Gasteiger partial charge on any atom is 0.162 e. The fourth-order valence-corrected chi connectivity index (χ4v) is 2.45. The van der Waals surface area contributed by atoms with Crippen molar-refractivity contribution in [1.29, 1.82) is 0 Å². The Labute approximate surface area is 112 Å². The monoisotopic (exact) mass is 289 g/mol. The summed E-state index contributed by atoms with van der Waals surface area (Å²) < 4.78 is 22.5. The molecule has 1 rings (SSSR count). The van der Waals surface area contributed by atoms with Crippen LogP contribution in [0.15, 0.2) is 18.2 Å². The molecule has 0 aliphatic heterocycles. The quantitative estimate of drug-likeness (QED) is 0.644. The highest BCUT2D eigenvalue weighted by atomic mass is 35.5. The number of nitrogens with two attached hydrogens (primary N) is 1. The Morgan fingerprint density at radius 3 is 2.61 bits per heavy atom. The molecule has 100 valence electrons. The molecular formula is C12H16ClNO3S. The molecule has 0 heterocycles. The summed E-state index contributed by atoms with van der Waals surface area (Å²) in [4.78, 5) is 11.8. The van der Waals surface area contributed by atoms with E-state index in [1.165, 1.54) is 6.07 Å². The first-order valence-electron chi connectivity index (χ1n) is 5.64. The van der Waals surface area contributed by atoms with Gasteiger partial charge in [0.15, 0.2) is 5.78 Å². The van der Waals surface area contributed by atoms with Crippen LogP contribution >= 0.6 is 11.6 Å². The van der Waals surface area contributed by atoms with Crippen LogP contribution in [0, 0.1) is 0 Å². The molecule has 6 heteroatoms. The number of carbonyl (C=O) groups excluding carboxylic acids is 1. The van der Waals surface area contributed by atoms with Gasteiger partial charge in [0, 0.05) is 17.7 Å². The van der Waals surface area contributed by atoms with E-state index in [-0.39, 0.29) is 23.7 Å². The van der Waals surface area contributed by atoms with Crippen LogP contribution in [0.25, 0.3) is 0 Å². The highest BCUT2D eigenvalue weighted by Gasteiger charge is 2.11. The standard InChI is InChI=1S/C12H16ClNO3S/c1-2-18(16,17)7-3-4-12(15)9-5-6-10(13)11(14)8-9/h5-6,8H,2-4,7,14H2,1H3. The van der Waals surface area contributed by atoms with Gasteiger partial charge in [-0.3, -0.25) is 4.79 Å². The lowest BCUT2D eigenvalue weighted by molar-refractivity contribution is 0.0982. The number of benzene rings is 1. The fraction of sp³-hybridized carbons (Fsp3) is 0.417. The number of Topliss-reactive ketones (excluding diaryl/α,β-unsaturated/α-hetero) is 1. The van der Waals surface area contributed by atoms with Crippen LogP contribution in [-0.4, -0.2) is 25.7 Å². The molecule has 0 amide bonds. The molecule has 1 aromatic carbocycles. The molecule has 1 aromatic rings. The van der Waals surface area contributed by atoms with E-state index in [1.807, 2.05) is 0 Å². The molecule has 0 spiro atoms. The van der Waals surface area contributed by atoms with Gasteiger partial charge >= 0.3 is 0 Å². The Balaban J connectivity index is 2.58. The van der Waals surface area contributed by atoms with Crippen LogP contribution in [0.4, 0.5) is 5.69 Å². The van der Waals surface area contributed by atoms with Crippen molar-refractivity contribution < 1.29 is 13.2 Å². The van der Waals surface area contributed by atoms with Crippen molar-refractivity contribution >= 4 is 32.9 Å². The molecule has 0 fully saturated rings. The van der Waals surface area contributed by atoms with Crippen molar-refractivity contribution in [3.05, 3.63) is 28.8 Å². The van der Waals surface area contributed by atoms with Crippen molar-refractivity contribution in [3.8, 4) is 0 Å². The minimum Gasteiger partial charge on any atom is -0.398 e. The SMILES string of the molecule is CCS(=O)(=O)CCCC(=O)c1ccc(Cl)c(N)c1. The molecule has 0 saturated heterocycles. The predicted octanol–water partition coefficient (Wildman–Crippen LogP) is 2.32. The van der Waals surface area contributed by atoms with Crippen LogP contribution in [-0.2, 0) is 9.84 Å². The highest BCUT2D eigenvalue weighted by molar-refractivity contribution is 7.91. The van der Waals surface area contributed by atoms with Gasteiger partial charge in [0.05, 0.1) is 16.5 Å². The van der Waals surface area contributed by atoms with Gasteiger partial charge in [0.1, 0.15) is 9.84 Å². The van der Waals surface area contributed by atoms with Gasteiger partial charge in [-0.2, -0.15) is 0 Å². The maximum absolute atomic E-state index is 11.8. The lowest BCUT2D eigenvalue weighted by atomic mass is 10.1. The van der Waals surface area contributed by atoms with E-state index in [1.54, 1.807) is 19.1 Å². The Morgan fingerprint density at radius 2 is 2.06 bits per heavy atom. The summed E-state index contributed by atoms with van der Waals surface area (Å²) in [5.74, 6) is 0.0255. The normalized spacial score (nSPS) is 11.4. The van der Waals surface area contributed by atoms with Crippen molar-refractivity contribution in [2.45, 2.75) is 19.8 Å². The largest absolute Gasteiger partial charge is 0.398 e. The average Bonchev–Trinajstić information content (AvgIpc) is 2.32. The van der Waals surface area contributed by atoms with Gasteiger partial charge in [-0.15, -0.1) is 0 Å². The summed E-state index contributed by atoms with van der Waals surface area (Å²) >= 11 is 5.75. The topological polar surface area (TPSA) is 77.2 Å². The van der Waals surface area contributed by atoms with E-state index in [9.17, 15) is 13.2 Å². The predicted molar refractivity (Wildman–Crippen MR) is 73.8 cm³/mol. The lowest BCUT2D eigenvalue weighted by Gasteiger charge is -2.04. The van der Waals surface area contributed by atoms with E-state index in [0.717, 1.165) is 0 Å². The third-order valence-electron chi connectivity index (χ3n) is 2.62. The van der Waals surface area contributed by atoms with E-state index in [4.69, 9.17) is 17.3 Å². The second-order valence-corrected chi connectivity index (χ2v) is 6.88. The third kappa shape index (κ3) is 4.31. The molecule has 0 aromatic heterocycles. The molecule has 0 radical (unpaired) electrons. The van der Waals surface area contributed by atoms with Crippen LogP contribution < -0.4 is 5.73 Å². The smallest absolute Gasteiger partial charge is 0.162 e. The molecule has 0 atom stereocenters. The summed E-state index contributed by atoms with van der Waals surface area (Å²) in [6, 6.07) is 4.67. The van der Waals surface area contributed by atoms with Crippen molar-refractivity contribution in [2.75, 3.05) is 17.2 Å². The highest BCUT2D eigenvalue weighted by Crippen LogP contribution is 2.20. The minimum absolute atomic E-state index is 0.0400. The number of hydrogen-bond acceptors (Lipinski definition) is 4. The second-order valence-electron chi connectivity index (χ2n) is 4.00. The zero-order chi connectivity index (χ0) is 13.8. The van der Waals surface area contributed by atoms with Gasteiger partial charge in [-0.1, -0.05) is 18.5 Å². The third-order valence-corrected chi connectivity index (χ3v) is 4.75. The molecule has 18 heavy (non-hydrogen) atoms. The molecule has 0 aliphatic rings. The van der Waals surface area contributed by atoms with E-state index in [0.29, 0.717) is 22.7 Å². The van der Waals surface area contributed by atoms with Crippen molar-refractivity contribution in [3.63, 3.8) is 0 Å². The Morgan fingerprint density at radius 1 is 1.39 bits per heavy atom. The van der Waals surface area contributed by atoms with E-state index in [2.05, 4.69) is 0 Å². The fourth-order valence-electron chi connectivity index (χ4n) is 1.46. The number of halogens is 1. The Kier molecular flexibility index (Phi) is 5.16. The first kappa shape index (κ1) is 15.0. The van der Waals surface area contributed by atoms with Crippen LogP contribution in [0.2, 0.25) is 5.02 Å². The number of hydrogen-bond donors (Lipinski definition) is 1. The van der Waals surface area contributed by atoms with Gasteiger partial charge in [0.2, 0.25) is 0 Å². The summed E-state index contributed by atoms with van der Waals surface area (Å²) in [6.07, 6.45) is 0.526. The van der Waals surface area contributed by atoms with E-state index >= 15 is 0 Å². The number of nitrogen functional groups attached to an aromatic ring is 1. The number of anilines is 1. The van der Waals surface area contributed by atoms with Gasteiger partial charge < -0.3 is 5.73 Å². The lowest BCUT2D eigenvalue weighted by Crippen LogP contribution is -2.10. The van der Waals surface area contributed by atoms with Gasteiger partial charge in [0.25, 0.3) is 0 Å². The van der Waals surface area contributed by atoms with Crippen molar-refractivity contribution in [2.24, 2.45) is 0 Å². The van der Waals surface area contributed by atoms with Crippen LogP contribution in [0.5, 0.6) is 0 Å². The summed E-state index contributed by atoms with van der Waals surface area (Å²) in [5, 5.41) is 0.403. The summed E-state index contributed by atoms with van der Waals surface area (Å²) in [7, 11) is -3.01. The van der Waals surface area contributed by atoms with Crippen LogP contribution in [0.1, 0.15) is 30.1 Å². The van der Waals surface area contributed by atoms with Crippen LogP contribution in [0.3, 0.4) is 0 Å². The number of carbonyl (C=O) groups is 1. The second kappa shape index (κ2) is 6.20. The number of rotatable bonds is 6. The average molecular weight is 290 g/mol. The molecule has 0 unspecified atom stereocenters. The number of sulfone groups is 1. The minimum atomic E-state index is -3.01. The first-order chi connectivity index (χ1) is 8.35. The molecular weight excluding hydrogens is 274 g/mol. The summed E-state index contributed by atoms with van der Waals surface area (Å²) in [6.45, 7) is 1.59. The zero-order valence-corrected chi connectivity index (χ0v) is 11.7. The maximum atomic E-state index is 11.8. The van der Waals surface area contributed by atoms with Crippen molar-refractivity contribution in [1.82, 2.24) is 0 Å². The zero-order valence-electron chi connectivity index (χ0n) is 10.1. The number of ketones is 1. The molecule has 0 saturated carbocycles. The van der Waals surface area contributed by atoms with Gasteiger partial charge in [-0.05, 0) is 24.6 Å². The first-order valence-corrected chi connectivity index (χ1v) is 7.84. The molecule has 2 N–H and O–H groups in total. The Hall–Kier alpha value is -1.07.